The van der Waals surface area contributed by atoms with E-state index in [0.29, 0.717) is 5.56 Å². The van der Waals surface area contributed by atoms with Crippen molar-refractivity contribution in [1.82, 2.24) is 4.98 Å². The first-order chi connectivity index (χ1) is 11.2. The summed E-state index contributed by atoms with van der Waals surface area (Å²) in [6.07, 6.45) is 4.68. The first-order valence-corrected chi connectivity index (χ1v) is 7.16. The van der Waals surface area contributed by atoms with Crippen molar-refractivity contribution < 1.29 is 13.9 Å². The SMILES string of the molecule is O=C(/C=C/c1cccc2cccnc12)OCc1ccccc1F. The fourth-order valence-electron chi connectivity index (χ4n) is 2.23. The van der Waals surface area contributed by atoms with E-state index in [2.05, 4.69) is 4.98 Å². The Morgan fingerprint density at radius 1 is 1.09 bits per heavy atom. The quantitative estimate of drug-likeness (QED) is 0.537. The number of fused-ring (bicyclic) bond motifs is 1. The molecule has 0 unspecified atom stereocenters. The molecule has 0 aliphatic heterocycles. The fraction of sp³-hybridized carbons (Fsp3) is 0.0526. The number of aromatic nitrogens is 1. The predicted octanol–water partition coefficient (Wildman–Crippen LogP) is 4.13. The van der Waals surface area contributed by atoms with Gasteiger partial charge in [0.25, 0.3) is 0 Å². The minimum atomic E-state index is -0.527. The normalized spacial score (nSPS) is 11.0. The second-order valence-corrected chi connectivity index (χ2v) is 4.95. The van der Waals surface area contributed by atoms with Crippen molar-refractivity contribution in [2.75, 3.05) is 0 Å². The number of benzene rings is 2. The van der Waals surface area contributed by atoms with E-state index in [0.717, 1.165) is 16.5 Å². The van der Waals surface area contributed by atoms with Gasteiger partial charge in [-0.3, -0.25) is 4.98 Å². The zero-order chi connectivity index (χ0) is 16.1. The lowest BCUT2D eigenvalue weighted by atomic mass is 10.1. The van der Waals surface area contributed by atoms with E-state index in [1.54, 1.807) is 30.5 Å². The second-order valence-electron chi connectivity index (χ2n) is 4.95. The van der Waals surface area contributed by atoms with Gasteiger partial charge in [0.1, 0.15) is 12.4 Å². The summed E-state index contributed by atoms with van der Waals surface area (Å²) in [5, 5.41) is 0.995. The van der Waals surface area contributed by atoms with Gasteiger partial charge >= 0.3 is 5.97 Å². The zero-order valence-corrected chi connectivity index (χ0v) is 12.3. The first-order valence-electron chi connectivity index (χ1n) is 7.16. The molecular weight excluding hydrogens is 293 g/mol. The number of esters is 1. The largest absolute Gasteiger partial charge is 0.458 e. The third kappa shape index (κ3) is 3.61. The van der Waals surface area contributed by atoms with E-state index < -0.39 is 5.97 Å². The van der Waals surface area contributed by atoms with Crippen LogP contribution >= 0.6 is 0 Å². The van der Waals surface area contributed by atoms with Gasteiger partial charge in [0, 0.05) is 28.8 Å². The molecule has 3 aromatic rings. The maximum absolute atomic E-state index is 13.4. The maximum Gasteiger partial charge on any atom is 0.331 e. The third-order valence-electron chi connectivity index (χ3n) is 3.39. The smallest absolute Gasteiger partial charge is 0.331 e. The Morgan fingerprint density at radius 3 is 2.78 bits per heavy atom. The van der Waals surface area contributed by atoms with Crippen LogP contribution in [0.1, 0.15) is 11.1 Å². The molecule has 1 aromatic heterocycles. The summed E-state index contributed by atoms with van der Waals surface area (Å²) >= 11 is 0. The molecule has 3 nitrogen and oxygen atoms in total. The highest BCUT2D eigenvalue weighted by Gasteiger charge is 2.04. The van der Waals surface area contributed by atoms with Gasteiger partial charge in [0.05, 0.1) is 5.52 Å². The molecule has 1 heterocycles. The highest BCUT2D eigenvalue weighted by molar-refractivity contribution is 5.92. The van der Waals surface area contributed by atoms with Crippen LogP contribution in [0.3, 0.4) is 0 Å². The molecule has 2 aromatic carbocycles. The maximum atomic E-state index is 13.4. The van der Waals surface area contributed by atoms with Crippen LogP contribution in [-0.4, -0.2) is 11.0 Å². The van der Waals surface area contributed by atoms with Gasteiger partial charge in [-0.1, -0.05) is 42.5 Å². The molecule has 0 fully saturated rings. The average molecular weight is 307 g/mol. The number of halogens is 1. The number of pyridine rings is 1. The van der Waals surface area contributed by atoms with Crippen molar-refractivity contribution in [3.05, 3.63) is 83.8 Å². The van der Waals surface area contributed by atoms with Crippen LogP contribution in [0.2, 0.25) is 0 Å². The van der Waals surface area contributed by atoms with Crippen LogP contribution in [0.4, 0.5) is 4.39 Å². The molecule has 0 atom stereocenters. The molecule has 0 bridgehead atoms. The van der Waals surface area contributed by atoms with E-state index in [1.807, 2.05) is 30.3 Å². The lowest BCUT2D eigenvalue weighted by Crippen LogP contribution is -2.02. The molecule has 0 N–H and O–H groups in total. The van der Waals surface area contributed by atoms with Gasteiger partial charge in [0.2, 0.25) is 0 Å². The van der Waals surface area contributed by atoms with Crippen molar-refractivity contribution in [1.29, 1.82) is 0 Å². The number of hydrogen-bond acceptors (Lipinski definition) is 3. The molecule has 0 saturated heterocycles. The standard InChI is InChI=1S/C19H14FNO2/c20-17-9-2-1-5-16(17)13-23-18(22)11-10-15-7-3-6-14-8-4-12-21-19(14)15/h1-12H,13H2/b11-10+. The van der Waals surface area contributed by atoms with Gasteiger partial charge in [-0.15, -0.1) is 0 Å². The van der Waals surface area contributed by atoms with Crippen LogP contribution in [0, 0.1) is 5.82 Å². The molecule has 0 amide bonds. The highest BCUT2D eigenvalue weighted by Crippen LogP contribution is 2.17. The monoisotopic (exact) mass is 307 g/mol. The van der Waals surface area contributed by atoms with E-state index >= 15 is 0 Å². The lowest BCUT2D eigenvalue weighted by molar-refractivity contribution is -0.138. The minimum absolute atomic E-state index is 0.0936. The summed E-state index contributed by atoms with van der Waals surface area (Å²) in [4.78, 5) is 16.1. The predicted molar refractivity (Wildman–Crippen MR) is 87.0 cm³/mol. The topological polar surface area (TPSA) is 39.2 Å². The molecule has 0 spiro atoms. The molecule has 114 valence electrons. The molecule has 23 heavy (non-hydrogen) atoms. The number of carbonyl (C=O) groups is 1. The van der Waals surface area contributed by atoms with Gasteiger partial charge in [-0.05, 0) is 18.2 Å². The van der Waals surface area contributed by atoms with E-state index in [-0.39, 0.29) is 12.4 Å². The second kappa shape index (κ2) is 6.83. The van der Waals surface area contributed by atoms with E-state index in [9.17, 15) is 9.18 Å². The minimum Gasteiger partial charge on any atom is -0.458 e. The lowest BCUT2D eigenvalue weighted by Gasteiger charge is -2.03. The Morgan fingerprint density at radius 2 is 1.91 bits per heavy atom. The first kappa shape index (κ1) is 14.9. The fourth-order valence-corrected chi connectivity index (χ4v) is 2.23. The Labute approximate surface area is 133 Å². The summed E-state index contributed by atoms with van der Waals surface area (Å²) in [5.41, 5.74) is 1.99. The third-order valence-corrected chi connectivity index (χ3v) is 3.39. The number of hydrogen-bond donors (Lipinski definition) is 0. The molecule has 3 rings (SSSR count). The number of carbonyl (C=O) groups excluding carboxylic acids is 1. The molecule has 0 radical (unpaired) electrons. The van der Waals surface area contributed by atoms with Crippen molar-refractivity contribution in [3.8, 4) is 0 Å². The molecule has 0 aliphatic carbocycles. The molecular formula is C19H14FNO2. The van der Waals surface area contributed by atoms with Crippen molar-refractivity contribution in [2.45, 2.75) is 6.61 Å². The number of para-hydroxylation sites is 1. The van der Waals surface area contributed by atoms with E-state index in [4.69, 9.17) is 4.74 Å². The van der Waals surface area contributed by atoms with Gasteiger partial charge in [-0.25, -0.2) is 9.18 Å². The van der Waals surface area contributed by atoms with Crippen LogP contribution in [0.15, 0.2) is 66.9 Å². The number of ether oxygens (including phenoxy) is 1. The average Bonchev–Trinajstić information content (AvgIpc) is 2.59. The molecule has 0 aliphatic rings. The number of rotatable bonds is 4. The number of nitrogens with zero attached hydrogens (tertiary/aromatic N) is 1. The van der Waals surface area contributed by atoms with Gasteiger partial charge in [-0.2, -0.15) is 0 Å². The van der Waals surface area contributed by atoms with Gasteiger partial charge in [0.15, 0.2) is 0 Å². The van der Waals surface area contributed by atoms with Crippen LogP contribution in [0.25, 0.3) is 17.0 Å². The Bertz CT molecular complexity index is 869. The van der Waals surface area contributed by atoms with Crippen molar-refractivity contribution in [3.63, 3.8) is 0 Å². The summed E-state index contributed by atoms with van der Waals surface area (Å²) in [5.74, 6) is -0.913. The summed E-state index contributed by atoms with van der Waals surface area (Å²) in [6.45, 7) is -0.0936. The summed E-state index contributed by atoms with van der Waals surface area (Å²) in [7, 11) is 0. The van der Waals surface area contributed by atoms with Crippen molar-refractivity contribution >= 4 is 22.9 Å². The summed E-state index contributed by atoms with van der Waals surface area (Å²) < 4.78 is 18.5. The Hall–Kier alpha value is -3.01. The highest BCUT2D eigenvalue weighted by atomic mass is 19.1. The van der Waals surface area contributed by atoms with E-state index in [1.165, 1.54) is 12.1 Å². The van der Waals surface area contributed by atoms with Crippen LogP contribution in [-0.2, 0) is 16.1 Å². The zero-order valence-electron chi connectivity index (χ0n) is 12.3. The van der Waals surface area contributed by atoms with Crippen LogP contribution < -0.4 is 0 Å². The molecule has 4 heteroatoms. The summed E-state index contributed by atoms with van der Waals surface area (Å²) in [6, 6.07) is 15.7. The Kier molecular flexibility index (Phi) is 4.43. The molecule has 0 saturated carbocycles. The van der Waals surface area contributed by atoms with Gasteiger partial charge < -0.3 is 4.74 Å². The van der Waals surface area contributed by atoms with Crippen molar-refractivity contribution in [2.24, 2.45) is 0 Å². The Balaban J connectivity index is 1.70. The van der Waals surface area contributed by atoms with Crippen LogP contribution in [0.5, 0.6) is 0 Å².